The summed E-state index contributed by atoms with van der Waals surface area (Å²) in [7, 11) is 0. The van der Waals surface area contributed by atoms with Crippen LogP contribution in [0.5, 0.6) is 0 Å². The Morgan fingerprint density at radius 3 is 2.76 bits per heavy atom. The number of aromatic carboxylic acids is 1. The molecule has 1 aromatic rings. The monoisotopic (exact) mass is 236 g/mol. The van der Waals surface area contributed by atoms with Gasteiger partial charge in [-0.3, -0.25) is 0 Å². The van der Waals surface area contributed by atoms with Gasteiger partial charge in [-0.2, -0.15) is 0 Å². The second-order valence-corrected chi connectivity index (χ2v) is 4.65. The number of carbonyl (C=O) groups is 1. The first-order valence-electron chi connectivity index (χ1n) is 5.95. The van der Waals surface area contributed by atoms with Crippen molar-refractivity contribution in [3.8, 4) is 0 Å². The summed E-state index contributed by atoms with van der Waals surface area (Å²) in [6, 6.07) is 3.15. The number of nitrogens with zero attached hydrogens (tertiary/aromatic N) is 1. The number of anilines is 1. The molecule has 0 atom stereocenters. The van der Waals surface area contributed by atoms with Crippen LogP contribution in [-0.2, 0) is 0 Å². The molecule has 94 valence electrons. The first kappa shape index (κ1) is 13.5. The number of hydrogen-bond donors (Lipinski definition) is 2. The Hall–Kier alpha value is -1.58. The maximum absolute atomic E-state index is 10.9. The average molecular weight is 236 g/mol. The number of carboxylic acid groups (broad SMARTS) is 1. The fourth-order valence-electron chi connectivity index (χ4n) is 1.61. The highest BCUT2D eigenvalue weighted by Crippen LogP contribution is 2.11. The van der Waals surface area contributed by atoms with E-state index in [2.05, 4.69) is 24.1 Å². The molecule has 0 spiro atoms. The molecule has 0 aliphatic heterocycles. The molecule has 1 aromatic heterocycles. The third-order valence-electron chi connectivity index (χ3n) is 2.46. The number of nitrogens with one attached hydrogen (secondary N) is 1. The molecule has 0 saturated heterocycles. The second-order valence-electron chi connectivity index (χ2n) is 4.65. The molecule has 0 aliphatic carbocycles. The molecule has 2 N–H and O–H groups in total. The summed E-state index contributed by atoms with van der Waals surface area (Å²) < 4.78 is 0. The van der Waals surface area contributed by atoms with E-state index in [0.29, 0.717) is 11.7 Å². The van der Waals surface area contributed by atoms with Crippen molar-refractivity contribution in [2.75, 3.05) is 11.9 Å². The van der Waals surface area contributed by atoms with Gasteiger partial charge >= 0.3 is 5.97 Å². The van der Waals surface area contributed by atoms with Gasteiger partial charge in [0.15, 0.2) is 0 Å². The van der Waals surface area contributed by atoms with E-state index < -0.39 is 5.97 Å². The Kier molecular flexibility index (Phi) is 4.94. The molecule has 0 fully saturated rings. The van der Waals surface area contributed by atoms with Crippen LogP contribution in [0.1, 0.15) is 42.7 Å². The molecular weight excluding hydrogens is 216 g/mol. The minimum atomic E-state index is -0.916. The lowest BCUT2D eigenvalue weighted by molar-refractivity contribution is 0.0696. The van der Waals surface area contributed by atoms with Crippen LogP contribution >= 0.6 is 0 Å². The summed E-state index contributed by atoms with van der Waals surface area (Å²) in [5, 5.41) is 12.1. The van der Waals surface area contributed by atoms with Crippen molar-refractivity contribution in [1.82, 2.24) is 4.98 Å². The fraction of sp³-hybridized carbons (Fsp3) is 0.538. The Labute approximate surface area is 102 Å². The van der Waals surface area contributed by atoms with Gasteiger partial charge in [-0.1, -0.05) is 13.8 Å². The average Bonchev–Trinajstić information content (AvgIpc) is 2.23. The lowest BCUT2D eigenvalue weighted by Crippen LogP contribution is -2.07. The topological polar surface area (TPSA) is 62.2 Å². The van der Waals surface area contributed by atoms with E-state index in [1.54, 1.807) is 19.1 Å². The number of hydrogen-bond acceptors (Lipinski definition) is 3. The molecule has 0 bridgehead atoms. The lowest BCUT2D eigenvalue weighted by atomic mass is 10.1. The van der Waals surface area contributed by atoms with Crippen molar-refractivity contribution >= 4 is 11.8 Å². The first-order chi connectivity index (χ1) is 7.99. The van der Waals surface area contributed by atoms with Gasteiger partial charge in [-0.05, 0) is 37.8 Å². The molecule has 4 nitrogen and oxygen atoms in total. The van der Waals surface area contributed by atoms with Crippen molar-refractivity contribution in [2.45, 2.75) is 33.6 Å². The molecule has 0 aromatic carbocycles. The van der Waals surface area contributed by atoms with Crippen molar-refractivity contribution in [2.24, 2.45) is 5.92 Å². The van der Waals surface area contributed by atoms with Gasteiger partial charge < -0.3 is 10.4 Å². The number of aromatic nitrogens is 1. The summed E-state index contributed by atoms with van der Waals surface area (Å²) in [6.07, 6.45) is 2.22. The van der Waals surface area contributed by atoms with Crippen molar-refractivity contribution in [3.05, 3.63) is 23.4 Å². The third-order valence-corrected chi connectivity index (χ3v) is 2.46. The summed E-state index contributed by atoms with van der Waals surface area (Å²) in [5.41, 5.74) is 1.00. The van der Waals surface area contributed by atoms with Gasteiger partial charge in [0.05, 0.1) is 5.56 Å². The molecule has 1 heterocycles. The molecule has 4 heteroatoms. The zero-order valence-electron chi connectivity index (χ0n) is 10.7. The molecule has 0 radical (unpaired) electrons. The SMILES string of the molecule is Cc1cc(C(=O)O)cc(NCCCC(C)C)n1. The van der Waals surface area contributed by atoms with Crippen LogP contribution in [0.25, 0.3) is 0 Å². The molecule has 17 heavy (non-hydrogen) atoms. The number of rotatable bonds is 6. The third kappa shape index (κ3) is 4.85. The van der Waals surface area contributed by atoms with Crippen LogP contribution in [0.2, 0.25) is 0 Å². The molecule has 0 aliphatic rings. The highest BCUT2D eigenvalue weighted by atomic mass is 16.4. The van der Waals surface area contributed by atoms with Crippen LogP contribution in [0.3, 0.4) is 0 Å². The van der Waals surface area contributed by atoms with Crippen LogP contribution in [-0.4, -0.2) is 22.6 Å². The number of aryl methyl sites for hydroxylation is 1. The zero-order valence-corrected chi connectivity index (χ0v) is 10.7. The smallest absolute Gasteiger partial charge is 0.335 e. The van der Waals surface area contributed by atoms with Crippen LogP contribution < -0.4 is 5.32 Å². The Balaban J connectivity index is 2.56. The highest BCUT2D eigenvalue weighted by molar-refractivity contribution is 5.88. The molecule has 1 rings (SSSR count). The van der Waals surface area contributed by atoms with Crippen LogP contribution in [0, 0.1) is 12.8 Å². The minimum absolute atomic E-state index is 0.281. The lowest BCUT2D eigenvalue weighted by Gasteiger charge is -2.08. The predicted molar refractivity (Wildman–Crippen MR) is 68.5 cm³/mol. The fourth-order valence-corrected chi connectivity index (χ4v) is 1.61. The van der Waals surface area contributed by atoms with Gasteiger partial charge in [-0.25, -0.2) is 9.78 Å². The summed E-state index contributed by atoms with van der Waals surface area (Å²) >= 11 is 0. The van der Waals surface area contributed by atoms with E-state index in [1.165, 1.54) is 0 Å². The predicted octanol–water partition coefficient (Wildman–Crippen LogP) is 2.94. The summed E-state index contributed by atoms with van der Waals surface area (Å²) in [4.78, 5) is 15.1. The quantitative estimate of drug-likeness (QED) is 0.745. The highest BCUT2D eigenvalue weighted by Gasteiger charge is 2.06. The number of carboxylic acids is 1. The summed E-state index contributed by atoms with van der Waals surface area (Å²) in [6.45, 7) is 7.00. The largest absolute Gasteiger partial charge is 0.478 e. The van der Waals surface area contributed by atoms with E-state index >= 15 is 0 Å². The van der Waals surface area contributed by atoms with E-state index in [1.807, 2.05) is 0 Å². The Morgan fingerprint density at radius 2 is 2.18 bits per heavy atom. The van der Waals surface area contributed by atoms with Crippen molar-refractivity contribution < 1.29 is 9.90 Å². The first-order valence-corrected chi connectivity index (χ1v) is 5.95. The van der Waals surface area contributed by atoms with E-state index in [9.17, 15) is 4.79 Å². The van der Waals surface area contributed by atoms with E-state index in [4.69, 9.17) is 5.11 Å². The molecule has 0 amide bonds. The second kappa shape index (κ2) is 6.23. The van der Waals surface area contributed by atoms with Crippen molar-refractivity contribution in [1.29, 1.82) is 0 Å². The zero-order chi connectivity index (χ0) is 12.8. The van der Waals surface area contributed by atoms with Gasteiger partial charge in [-0.15, -0.1) is 0 Å². The van der Waals surface area contributed by atoms with Gasteiger partial charge in [0.2, 0.25) is 0 Å². The van der Waals surface area contributed by atoms with Gasteiger partial charge in [0.25, 0.3) is 0 Å². The van der Waals surface area contributed by atoms with Crippen LogP contribution in [0.15, 0.2) is 12.1 Å². The molecular formula is C13H20N2O2. The maximum atomic E-state index is 10.9. The van der Waals surface area contributed by atoms with Crippen molar-refractivity contribution in [3.63, 3.8) is 0 Å². The minimum Gasteiger partial charge on any atom is -0.478 e. The van der Waals surface area contributed by atoms with Gasteiger partial charge in [0.1, 0.15) is 5.82 Å². The summed E-state index contributed by atoms with van der Waals surface area (Å²) in [5.74, 6) is 0.420. The van der Waals surface area contributed by atoms with Crippen LogP contribution in [0.4, 0.5) is 5.82 Å². The molecule has 0 saturated carbocycles. The molecule has 0 unspecified atom stereocenters. The van der Waals surface area contributed by atoms with E-state index in [-0.39, 0.29) is 5.56 Å². The normalized spacial score (nSPS) is 10.6. The van der Waals surface area contributed by atoms with E-state index in [0.717, 1.165) is 25.1 Å². The maximum Gasteiger partial charge on any atom is 0.335 e. The number of pyridine rings is 1. The van der Waals surface area contributed by atoms with Gasteiger partial charge in [0, 0.05) is 12.2 Å². The Morgan fingerprint density at radius 1 is 1.47 bits per heavy atom. The standard InChI is InChI=1S/C13H20N2O2/c1-9(2)5-4-6-14-12-8-11(13(16)17)7-10(3)15-12/h7-9H,4-6H2,1-3H3,(H,14,15)(H,16,17). The Bertz CT molecular complexity index is 389.